The number of ether oxygens (including phenoxy) is 1. The number of imidazole rings is 1. The number of guanidine groups is 1. The predicted molar refractivity (Wildman–Crippen MR) is 128 cm³/mol. The Hall–Kier alpha value is -2.02. The van der Waals surface area contributed by atoms with E-state index in [0.717, 1.165) is 11.3 Å². The van der Waals surface area contributed by atoms with E-state index in [0.29, 0.717) is 25.7 Å². The van der Waals surface area contributed by atoms with E-state index in [2.05, 4.69) is 15.3 Å². The van der Waals surface area contributed by atoms with Gasteiger partial charge in [-0.3, -0.25) is 4.99 Å². The number of hydrogen-bond donors (Lipinski definition) is 2. The lowest BCUT2D eigenvalue weighted by molar-refractivity contribution is -0.272. The Morgan fingerprint density at radius 1 is 1.25 bits per heavy atom. The zero-order valence-electron chi connectivity index (χ0n) is 18.7. The van der Waals surface area contributed by atoms with E-state index in [4.69, 9.17) is 4.74 Å². The van der Waals surface area contributed by atoms with Crippen molar-refractivity contribution in [2.75, 3.05) is 26.7 Å². The predicted octanol–water partition coefficient (Wildman–Crippen LogP) is 3.67. The molecule has 11 heteroatoms. The van der Waals surface area contributed by atoms with Crippen LogP contribution in [0.2, 0.25) is 0 Å². The number of aromatic nitrogens is 2. The molecule has 1 aromatic heterocycles. The van der Waals surface area contributed by atoms with E-state index in [1.165, 1.54) is 24.0 Å². The molecule has 7 nitrogen and oxygen atoms in total. The highest BCUT2D eigenvalue weighted by Crippen LogP contribution is 2.40. The Morgan fingerprint density at radius 2 is 1.91 bits per heavy atom. The van der Waals surface area contributed by atoms with Gasteiger partial charge in [-0.05, 0) is 31.5 Å². The number of aliphatic hydroxyl groups is 1. The molecule has 0 amide bonds. The van der Waals surface area contributed by atoms with Gasteiger partial charge in [0.15, 0.2) is 5.96 Å². The molecule has 0 saturated carbocycles. The second kappa shape index (κ2) is 12.3. The summed E-state index contributed by atoms with van der Waals surface area (Å²) in [4.78, 5) is 9.82. The Kier molecular flexibility index (Phi) is 10.8. The fourth-order valence-electron chi connectivity index (χ4n) is 3.14. The molecule has 0 spiro atoms. The van der Waals surface area contributed by atoms with Crippen LogP contribution in [0, 0.1) is 0 Å². The Balaban J connectivity index is 0.00000512. The van der Waals surface area contributed by atoms with Gasteiger partial charge in [0, 0.05) is 52.5 Å². The van der Waals surface area contributed by atoms with Crippen LogP contribution in [0.5, 0.6) is 5.75 Å². The highest BCUT2D eigenvalue weighted by atomic mass is 127. The number of hydrogen-bond acceptors (Lipinski definition) is 4. The van der Waals surface area contributed by atoms with Crippen molar-refractivity contribution in [3.63, 3.8) is 0 Å². The van der Waals surface area contributed by atoms with Crippen LogP contribution < -0.4 is 10.1 Å². The van der Waals surface area contributed by atoms with E-state index >= 15 is 0 Å². The molecule has 2 N–H and O–H groups in total. The zero-order chi connectivity index (χ0) is 23.1. The van der Waals surface area contributed by atoms with E-state index < -0.39 is 24.0 Å². The average Bonchev–Trinajstić information content (AvgIpc) is 3.14. The van der Waals surface area contributed by atoms with Crippen LogP contribution in [0.25, 0.3) is 0 Å². The molecule has 1 aromatic carbocycles. The highest BCUT2D eigenvalue weighted by Gasteiger charge is 2.57. The second-order valence-corrected chi connectivity index (χ2v) is 7.14. The van der Waals surface area contributed by atoms with Gasteiger partial charge >= 0.3 is 6.18 Å². The van der Waals surface area contributed by atoms with Gasteiger partial charge in [-0.25, -0.2) is 4.98 Å². The Labute approximate surface area is 203 Å². The zero-order valence-corrected chi connectivity index (χ0v) is 21.0. The van der Waals surface area contributed by atoms with E-state index in [1.807, 2.05) is 43.0 Å². The Bertz CT molecular complexity index is 858. The monoisotopic (exact) mass is 569 g/mol. The van der Waals surface area contributed by atoms with Crippen LogP contribution in [0.4, 0.5) is 13.2 Å². The molecule has 2 aromatic rings. The summed E-state index contributed by atoms with van der Waals surface area (Å²) < 4.78 is 47.6. The molecule has 0 aliphatic rings. The molecule has 32 heavy (non-hydrogen) atoms. The number of aliphatic imine (C=N–C) groups is 1. The first-order valence-corrected chi connectivity index (χ1v) is 10.1. The lowest BCUT2D eigenvalue weighted by Crippen LogP contribution is -2.45. The SMILES string of the molecule is CCNC(=NCCC(O)(c1nccn1C)C(F)(F)F)N(C)Cc1ccc(OCC)cc1.I. The van der Waals surface area contributed by atoms with Crippen LogP contribution in [0.15, 0.2) is 41.7 Å². The maximum Gasteiger partial charge on any atom is 0.424 e. The van der Waals surface area contributed by atoms with Gasteiger partial charge in [0.2, 0.25) is 5.60 Å². The fraction of sp³-hybridized carbons (Fsp3) is 0.524. The number of benzene rings is 1. The number of halogens is 4. The van der Waals surface area contributed by atoms with Gasteiger partial charge < -0.3 is 24.6 Å². The third-order valence-electron chi connectivity index (χ3n) is 4.75. The molecule has 0 radical (unpaired) electrons. The maximum absolute atomic E-state index is 13.7. The Morgan fingerprint density at radius 3 is 2.41 bits per heavy atom. The van der Waals surface area contributed by atoms with Gasteiger partial charge in [0.1, 0.15) is 11.6 Å². The first kappa shape index (κ1) is 28.0. The van der Waals surface area contributed by atoms with Crippen LogP contribution in [0.1, 0.15) is 31.7 Å². The molecule has 0 bridgehead atoms. The largest absolute Gasteiger partial charge is 0.494 e. The molecule has 0 fully saturated rings. The summed E-state index contributed by atoms with van der Waals surface area (Å²) in [5.74, 6) is 0.763. The smallest absolute Gasteiger partial charge is 0.424 e. The highest BCUT2D eigenvalue weighted by molar-refractivity contribution is 14.0. The minimum atomic E-state index is -4.88. The molecule has 0 saturated heterocycles. The standard InChI is InChI=1S/C21H30F3N5O2.HI/c1-5-25-19(29(4)15-16-7-9-17(10-8-16)31-6-2)27-12-11-20(30,21(22,23)24)18-26-13-14-28(18)3;/h7-10,13-14,30H,5-6,11-12,15H2,1-4H3,(H,25,27);1H. The molecule has 1 heterocycles. The van der Waals surface area contributed by atoms with Crippen molar-refractivity contribution in [3.05, 3.63) is 48.0 Å². The molecule has 0 aliphatic heterocycles. The van der Waals surface area contributed by atoms with Gasteiger partial charge in [-0.1, -0.05) is 12.1 Å². The summed E-state index contributed by atoms with van der Waals surface area (Å²) in [7, 11) is 3.21. The molecule has 0 aliphatic carbocycles. The van der Waals surface area contributed by atoms with E-state index in [-0.39, 0.29) is 30.5 Å². The van der Waals surface area contributed by atoms with Crippen LogP contribution >= 0.6 is 24.0 Å². The normalized spacial score (nSPS) is 13.8. The average molecular weight is 569 g/mol. The van der Waals surface area contributed by atoms with Crippen molar-refractivity contribution in [2.24, 2.45) is 12.0 Å². The molecule has 180 valence electrons. The first-order valence-electron chi connectivity index (χ1n) is 10.1. The first-order chi connectivity index (χ1) is 14.6. The van der Waals surface area contributed by atoms with Crippen molar-refractivity contribution >= 4 is 29.9 Å². The van der Waals surface area contributed by atoms with E-state index in [9.17, 15) is 18.3 Å². The number of nitrogens with one attached hydrogen (secondary N) is 1. The molecular weight excluding hydrogens is 538 g/mol. The molecule has 1 atom stereocenters. The van der Waals surface area contributed by atoms with Gasteiger partial charge in [0.25, 0.3) is 0 Å². The van der Waals surface area contributed by atoms with Crippen molar-refractivity contribution in [3.8, 4) is 5.75 Å². The summed E-state index contributed by atoms with van der Waals surface area (Å²) in [5, 5.41) is 13.5. The number of alkyl halides is 3. The summed E-state index contributed by atoms with van der Waals surface area (Å²) in [6.07, 6.45) is -2.94. The molecule has 2 rings (SSSR count). The minimum Gasteiger partial charge on any atom is -0.494 e. The van der Waals surface area contributed by atoms with Crippen molar-refractivity contribution < 1.29 is 23.0 Å². The van der Waals surface area contributed by atoms with Crippen LogP contribution in [-0.2, 0) is 19.2 Å². The summed E-state index contributed by atoms with van der Waals surface area (Å²) in [6, 6.07) is 7.59. The number of aryl methyl sites for hydroxylation is 1. The minimum absolute atomic E-state index is 0. The van der Waals surface area contributed by atoms with Gasteiger partial charge in [-0.2, -0.15) is 13.2 Å². The summed E-state index contributed by atoms with van der Waals surface area (Å²) in [5.41, 5.74) is -2.09. The topological polar surface area (TPSA) is 74.9 Å². The van der Waals surface area contributed by atoms with Crippen LogP contribution in [0.3, 0.4) is 0 Å². The molecule has 1 unspecified atom stereocenters. The molecular formula is C21H31F3IN5O2. The lowest BCUT2D eigenvalue weighted by atomic mass is 9.98. The lowest BCUT2D eigenvalue weighted by Gasteiger charge is -2.29. The summed E-state index contributed by atoms with van der Waals surface area (Å²) >= 11 is 0. The van der Waals surface area contributed by atoms with E-state index in [1.54, 1.807) is 7.05 Å². The third kappa shape index (κ3) is 6.99. The van der Waals surface area contributed by atoms with Gasteiger partial charge in [0.05, 0.1) is 6.61 Å². The number of nitrogens with zero attached hydrogens (tertiary/aromatic N) is 4. The number of rotatable bonds is 9. The van der Waals surface area contributed by atoms with Gasteiger partial charge in [-0.15, -0.1) is 24.0 Å². The maximum atomic E-state index is 13.7. The quantitative estimate of drug-likeness (QED) is 0.274. The summed E-state index contributed by atoms with van der Waals surface area (Å²) in [6.45, 7) is 5.18. The van der Waals surface area contributed by atoms with Crippen molar-refractivity contribution in [2.45, 2.75) is 38.6 Å². The second-order valence-electron chi connectivity index (χ2n) is 7.14. The van der Waals surface area contributed by atoms with Crippen molar-refractivity contribution in [1.82, 2.24) is 19.8 Å². The third-order valence-corrected chi connectivity index (χ3v) is 4.75. The van der Waals surface area contributed by atoms with Crippen molar-refractivity contribution in [1.29, 1.82) is 0 Å². The van der Waals surface area contributed by atoms with Crippen LogP contribution in [-0.4, -0.2) is 58.4 Å². The fourth-order valence-corrected chi connectivity index (χ4v) is 3.14.